The summed E-state index contributed by atoms with van der Waals surface area (Å²) in [5, 5.41) is 5.44. The highest BCUT2D eigenvalue weighted by Crippen LogP contribution is 2.10. The number of nitrogens with one attached hydrogen (secondary N) is 2. The first kappa shape index (κ1) is 15.7. The van der Waals surface area contributed by atoms with Gasteiger partial charge in [-0.2, -0.15) is 0 Å². The van der Waals surface area contributed by atoms with E-state index < -0.39 is 6.04 Å². The summed E-state index contributed by atoms with van der Waals surface area (Å²) in [6, 6.07) is 7.03. The lowest BCUT2D eigenvalue weighted by Crippen LogP contribution is -2.45. The Hall–Kier alpha value is -1.36. The van der Waals surface area contributed by atoms with Crippen LogP contribution in [-0.4, -0.2) is 24.4 Å². The van der Waals surface area contributed by atoms with E-state index in [1.165, 1.54) is 0 Å². The number of carbonyl (C=O) groups excluding carboxylic acids is 2. The first-order valence-electron chi connectivity index (χ1n) is 6.34. The van der Waals surface area contributed by atoms with E-state index in [1.807, 2.05) is 31.2 Å². The van der Waals surface area contributed by atoms with Gasteiger partial charge in [-0.25, -0.2) is 0 Å². The van der Waals surface area contributed by atoms with Crippen LogP contribution in [-0.2, 0) is 16.0 Å². The standard InChI is InChI=1S/C14H19BrN2O2/c1-3-8-16-14(19)10(2)17-13(18)9-11-4-6-12(15)7-5-11/h4-7,10H,3,8-9H2,1-2H3,(H,16,19)(H,17,18)/t10-/m1/s1. The molecule has 0 saturated heterocycles. The molecule has 0 aliphatic carbocycles. The number of hydrogen-bond donors (Lipinski definition) is 2. The lowest BCUT2D eigenvalue weighted by Gasteiger charge is -2.13. The monoisotopic (exact) mass is 326 g/mol. The van der Waals surface area contributed by atoms with Crippen molar-refractivity contribution < 1.29 is 9.59 Å². The van der Waals surface area contributed by atoms with E-state index in [9.17, 15) is 9.59 Å². The van der Waals surface area contributed by atoms with Crippen molar-refractivity contribution in [3.8, 4) is 0 Å². The number of rotatable bonds is 6. The van der Waals surface area contributed by atoms with Gasteiger partial charge in [0.25, 0.3) is 0 Å². The van der Waals surface area contributed by atoms with Crippen LogP contribution in [0.4, 0.5) is 0 Å². The minimum absolute atomic E-state index is 0.147. The minimum Gasteiger partial charge on any atom is -0.354 e. The van der Waals surface area contributed by atoms with Crippen LogP contribution < -0.4 is 10.6 Å². The average molecular weight is 327 g/mol. The molecule has 19 heavy (non-hydrogen) atoms. The smallest absolute Gasteiger partial charge is 0.242 e. The van der Waals surface area contributed by atoms with Gasteiger partial charge in [-0.3, -0.25) is 9.59 Å². The fraction of sp³-hybridized carbons (Fsp3) is 0.429. The van der Waals surface area contributed by atoms with E-state index in [0.717, 1.165) is 16.5 Å². The van der Waals surface area contributed by atoms with Gasteiger partial charge in [0.05, 0.1) is 6.42 Å². The Morgan fingerprint density at radius 1 is 1.26 bits per heavy atom. The fourth-order valence-corrected chi connectivity index (χ4v) is 1.81. The molecule has 1 aromatic carbocycles. The molecule has 0 spiro atoms. The van der Waals surface area contributed by atoms with Crippen LogP contribution in [0.1, 0.15) is 25.8 Å². The van der Waals surface area contributed by atoms with Gasteiger partial charge in [-0.1, -0.05) is 35.0 Å². The summed E-state index contributed by atoms with van der Waals surface area (Å²) in [5.41, 5.74) is 0.918. The predicted octanol–water partition coefficient (Wildman–Crippen LogP) is 2.02. The third-order valence-corrected chi connectivity index (χ3v) is 3.13. The van der Waals surface area contributed by atoms with Gasteiger partial charge in [0.15, 0.2) is 0 Å². The van der Waals surface area contributed by atoms with E-state index >= 15 is 0 Å². The van der Waals surface area contributed by atoms with E-state index in [4.69, 9.17) is 0 Å². The van der Waals surface area contributed by atoms with Crippen molar-refractivity contribution >= 4 is 27.7 Å². The van der Waals surface area contributed by atoms with Crippen molar-refractivity contribution in [1.29, 1.82) is 0 Å². The molecule has 0 bridgehead atoms. The van der Waals surface area contributed by atoms with Crippen molar-refractivity contribution in [2.75, 3.05) is 6.54 Å². The number of hydrogen-bond acceptors (Lipinski definition) is 2. The molecular weight excluding hydrogens is 308 g/mol. The summed E-state index contributed by atoms with van der Waals surface area (Å²) < 4.78 is 0.976. The van der Waals surface area contributed by atoms with Crippen molar-refractivity contribution in [1.82, 2.24) is 10.6 Å². The second-order valence-corrected chi connectivity index (χ2v) is 5.30. The molecule has 2 amide bonds. The third-order valence-electron chi connectivity index (χ3n) is 2.60. The number of carbonyl (C=O) groups is 2. The van der Waals surface area contributed by atoms with Gasteiger partial charge >= 0.3 is 0 Å². The normalized spacial score (nSPS) is 11.7. The van der Waals surface area contributed by atoms with Crippen molar-refractivity contribution in [2.24, 2.45) is 0 Å². The van der Waals surface area contributed by atoms with E-state index in [0.29, 0.717) is 6.54 Å². The zero-order valence-electron chi connectivity index (χ0n) is 11.2. The Kier molecular flexibility index (Phi) is 6.56. The molecule has 4 nitrogen and oxygen atoms in total. The molecule has 104 valence electrons. The largest absolute Gasteiger partial charge is 0.354 e. The summed E-state index contributed by atoms with van der Waals surface area (Å²) in [6.07, 6.45) is 1.16. The molecule has 0 aromatic heterocycles. The number of amides is 2. The predicted molar refractivity (Wildman–Crippen MR) is 78.8 cm³/mol. The van der Waals surface area contributed by atoms with E-state index in [1.54, 1.807) is 6.92 Å². The van der Waals surface area contributed by atoms with Gasteiger partial charge in [0.1, 0.15) is 6.04 Å². The third kappa shape index (κ3) is 5.87. The second kappa shape index (κ2) is 7.94. The van der Waals surface area contributed by atoms with Crippen molar-refractivity contribution in [2.45, 2.75) is 32.7 Å². The topological polar surface area (TPSA) is 58.2 Å². The van der Waals surface area contributed by atoms with Crippen LogP contribution in [0.5, 0.6) is 0 Å². The quantitative estimate of drug-likeness (QED) is 0.840. The molecule has 5 heteroatoms. The Labute approximate surface area is 122 Å². The zero-order chi connectivity index (χ0) is 14.3. The van der Waals surface area contributed by atoms with Gasteiger partial charge in [-0.05, 0) is 31.0 Å². The maximum atomic E-state index is 11.8. The molecule has 0 fully saturated rings. The number of halogens is 1. The van der Waals surface area contributed by atoms with Crippen LogP contribution >= 0.6 is 15.9 Å². The highest BCUT2D eigenvalue weighted by atomic mass is 79.9. The SMILES string of the molecule is CCCNC(=O)[C@@H](C)NC(=O)Cc1ccc(Br)cc1. The van der Waals surface area contributed by atoms with Gasteiger partial charge in [0, 0.05) is 11.0 Å². The van der Waals surface area contributed by atoms with E-state index in [-0.39, 0.29) is 18.2 Å². The minimum atomic E-state index is -0.505. The van der Waals surface area contributed by atoms with Crippen molar-refractivity contribution in [3.63, 3.8) is 0 Å². The Balaban J connectivity index is 2.42. The first-order valence-corrected chi connectivity index (χ1v) is 7.13. The number of benzene rings is 1. The maximum absolute atomic E-state index is 11.8. The highest BCUT2D eigenvalue weighted by Gasteiger charge is 2.14. The summed E-state index contributed by atoms with van der Waals surface area (Å²) in [4.78, 5) is 23.4. The Morgan fingerprint density at radius 2 is 1.89 bits per heavy atom. The molecule has 1 aromatic rings. The molecule has 0 radical (unpaired) electrons. The van der Waals surface area contributed by atoms with Gasteiger partial charge < -0.3 is 10.6 Å². The highest BCUT2D eigenvalue weighted by molar-refractivity contribution is 9.10. The molecule has 0 unspecified atom stereocenters. The Morgan fingerprint density at radius 3 is 2.47 bits per heavy atom. The molecule has 0 aliphatic heterocycles. The first-order chi connectivity index (χ1) is 9.02. The molecule has 0 aliphatic rings. The molecule has 1 atom stereocenters. The lowest BCUT2D eigenvalue weighted by molar-refractivity contribution is -0.128. The van der Waals surface area contributed by atoms with E-state index in [2.05, 4.69) is 26.6 Å². The molecule has 1 rings (SSSR count). The zero-order valence-corrected chi connectivity index (χ0v) is 12.8. The van der Waals surface area contributed by atoms with Gasteiger partial charge in [0.2, 0.25) is 11.8 Å². The summed E-state index contributed by atoms with van der Waals surface area (Å²) in [5.74, 6) is -0.299. The van der Waals surface area contributed by atoms with Gasteiger partial charge in [-0.15, -0.1) is 0 Å². The molecule has 0 saturated carbocycles. The lowest BCUT2D eigenvalue weighted by atomic mass is 10.1. The maximum Gasteiger partial charge on any atom is 0.242 e. The Bertz CT molecular complexity index is 432. The van der Waals surface area contributed by atoms with Crippen LogP contribution in [0.15, 0.2) is 28.7 Å². The average Bonchev–Trinajstić information content (AvgIpc) is 2.38. The van der Waals surface area contributed by atoms with Crippen LogP contribution in [0, 0.1) is 0 Å². The van der Waals surface area contributed by atoms with Crippen LogP contribution in [0.3, 0.4) is 0 Å². The fourth-order valence-electron chi connectivity index (χ4n) is 1.55. The van der Waals surface area contributed by atoms with Crippen LogP contribution in [0.2, 0.25) is 0 Å². The molecular formula is C14H19BrN2O2. The van der Waals surface area contributed by atoms with Crippen LogP contribution in [0.25, 0.3) is 0 Å². The summed E-state index contributed by atoms with van der Waals surface area (Å²) in [6.45, 7) is 4.30. The second-order valence-electron chi connectivity index (χ2n) is 4.38. The summed E-state index contributed by atoms with van der Waals surface area (Å²) in [7, 11) is 0. The van der Waals surface area contributed by atoms with Crippen molar-refractivity contribution in [3.05, 3.63) is 34.3 Å². The molecule has 0 heterocycles. The summed E-state index contributed by atoms with van der Waals surface area (Å²) >= 11 is 3.34. The molecule has 2 N–H and O–H groups in total.